The summed E-state index contributed by atoms with van der Waals surface area (Å²) in [5, 5.41) is 0. The van der Waals surface area contributed by atoms with E-state index in [0.717, 1.165) is 25.9 Å². The molecular formula is C10H17O2. The number of unbranched alkanes of at least 4 members (excludes halogenated alkanes) is 3. The molecule has 1 radical (unpaired) electrons. The van der Waals surface area contributed by atoms with Crippen molar-refractivity contribution in [2.24, 2.45) is 0 Å². The van der Waals surface area contributed by atoms with E-state index in [2.05, 4.69) is 6.92 Å². The van der Waals surface area contributed by atoms with Crippen LogP contribution in [0.5, 0.6) is 0 Å². The molecule has 0 atom stereocenters. The highest BCUT2D eigenvalue weighted by molar-refractivity contribution is 5.67. The summed E-state index contributed by atoms with van der Waals surface area (Å²) in [7, 11) is 0. The monoisotopic (exact) mass is 169 g/mol. The molecule has 0 aromatic heterocycles. The highest BCUT2D eigenvalue weighted by Gasteiger charge is 2.44. The predicted molar refractivity (Wildman–Crippen MR) is 47.8 cm³/mol. The van der Waals surface area contributed by atoms with Crippen LogP contribution in [0.25, 0.3) is 0 Å². The van der Waals surface area contributed by atoms with E-state index in [1.54, 1.807) is 0 Å². The van der Waals surface area contributed by atoms with Crippen molar-refractivity contribution >= 4 is 6.29 Å². The molecule has 0 aromatic carbocycles. The van der Waals surface area contributed by atoms with Gasteiger partial charge in [-0.05, 0) is 19.3 Å². The smallest absolute Gasteiger partial charge is 0.233 e. The van der Waals surface area contributed by atoms with Crippen LogP contribution in [0.2, 0.25) is 0 Å². The number of ether oxygens (including phenoxy) is 1. The first-order valence-electron chi connectivity index (χ1n) is 4.86. The predicted octanol–water partition coefficient (Wildman–Crippen LogP) is 2.23. The molecule has 0 saturated heterocycles. The summed E-state index contributed by atoms with van der Waals surface area (Å²) in [4.78, 5) is 10.4. The van der Waals surface area contributed by atoms with Gasteiger partial charge in [0.1, 0.15) is 5.60 Å². The fourth-order valence-electron chi connectivity index (χ4n) is 1.19. The molecule has 1 saturated carbocycles. The van der Waals surface area contributed by atoms with Crippen molar-refractivity contribution in [1.29, 1.82) is 0 Å². The standard InChI is InChI=1S/C10H17O2/c1-2-3-4-5-8-12-10(9-11)6-7-10/h2-8H2,1H3. The van der Waals surface area contributed by atoms with E-state index in [-0.39, 0.29) is 0 Å². The van der Waals surface area contributed by atoms with Crippen molar-refractivity contribution in [3.05, 3.63) is 0 Å². The van der Waals surface area contributed by atoms with Gasteiger partial charge in [0.15, 0.2) is 0 Å². The molecule has 1 fully saturated rings. The summed E-state index contributed by atoms with van der Waals surface area (Å²) in [5.41, 5.74) is -0.466. The maximum atomic E-state index is 10.4. The van der Waals surface area contributed by atoms with Gasteiger partial charge in [-0.25, -0.2) is 0 Å². The van der Waals surface area contributed by atoms with Gasteiger partial charge in [-0.3, -0.25) is 4.79 Å². The second kappa shape index (κ2) is 4.61. The molecular weight excluding hydrogens is 152 g/mol. The van der Waals surface area contributed by atoms with E-state index < -0.39 is 5.60 Å². The minimum atomic E-state index is -0.466. The Morgan fingerprint density at radius 2 is 2.08 bits per heavy atom. The van der Waals surface area contributed by atoms with Crippen LogP contribution < -0.4 is 0 Å². The highest BCUT2D eigenvalue weighted by Crippen LogP contribution is 2.37. The molecule has 0 amide bonds. The molecule has 0 spiro atoms. The lowest BCUT2D eigenvalue weighted by atomic mass is 10.2. The summed E-state index contributed by atoms with van der Waals surface area (Å²) < 4.78 is 5.41. The largest absolute Gasteiger partial charge is 0.367 e. The van der Waals surface area contributed by atoms with Crippen LogP contribution >= 0.6 is 0 Å². The second-order valence-corrected chi connectivity index (χ2v) is 3.51. The van der Waals surface area contributed by atoms with Crippen LogP contribution in [0, 0.1) is 0 Å². The fraction of sp³-hybridized carbons (Fsp3) is 0.900. The maximum Gasteiger partial charge on any atom is 0.233 e. The molecule has 0 heterocycles. The van der Waals surface area contributed by atoms with Crippen LogP contribution in [0.3, 0.4) is 0 Å². The maximum absolute atomic E-state index is 10.4. The fourth-order valence-corrected chi connectivity index (χ4v) is 1.19. The van der Waals surface area contributed by atoms with E-state index in [1.807, 2.05) is 6.29 Å². The summed E-state index contributed by atoms with van der Waals surface area (Å²) in [6, 6.07) is 0. The molecule has 1 aliphatic carbocycles. The van der Waals surface area contributed by atoms with Crippen LogP contribution in [-0.2, 0) is 9.53 Å². The zero-order valence-electron chi connectivity index (χ0n) is 7.77. The van der Waals surface area contributed by atoms with Crippen LogP contribution in [-0.4, -0.2) is 18.5 Å². The summed E-state index contributed by atoms with van der Waals surface area (Å²) >= 11 is 0. The van der Waals surface area contributed by atoms with E-state index >= 15 is 0 Å². The Balaban J connectivity index is 1.92. The Kier molecular flexibility index (Phi) is 3.73. The van der Waals surface area contributed by atoms with Gasteiger partial charge in [0, 0.05) is 6.61 Å². The summed E-state index contributed by atoms with van der Waals surface area (Å²) in [6.45, 7) is 2.91. The Labute approximate surface area is 74.3 Å². The third-order valence-electron chi connectivity index (χ3n) is 2.27. The molecule has 0 aromatic rings. The number of hydrogen-bond acceptors (Lipinski definition) is 2. The molecule has 0 bridgehead atoms. The molecule has 0 aliphatic heterocycles. The number of rotatable bonds is 7. The molecule has 69 valence electrons. The highest BCUT2D eigenvalue weighted by atomic mass is 16.5. The molecule has 2 nitrogen and oxygen atoms in total. The Hall–Kier alpha value is -0.370. The minimum Gasteiger partial charge on any atom is -0.367 e. The third-order valence-corrected chi connectivity index (χ3v) is 2.27. The van der Waals surface area contributed by atoms with Crippen molar-refractivity contribution in [1.82, 2.24) is 0 Å². The second-order valence-electron chi connectivity index (χ2n) is 3.51. The van der Waals surface area contributed by atoms with Gasteiger partial charge in [-0.2, -0.15) is 0 Å². The van der Waals surface area contributed by atoms with E-state index in [9.17, 15) is 4.79 Å². The van der Waals surface area contributed by atoms with Crippen molar-refractivity contribution < 1.29 is 9.53 Å². The van der Waals surface area contributed by atoms with Gasteiger partial charge in [-0.1, -0.05) is 26.2 Å². The lowest BCUT2D eigenvalue weighted by Crippen LogP contribution is -2.16. The quantitative estimate of drug-likeness (QED) is 0.546. The van der Waals surface area contributed by atoms with Crippen molar-refractivity contribution in [2.45, 2.75) is 51.0 Å². The van der Waals surface area contributed by atoms with Gasteiger partial charge in [0.2, 0.25) is 6.29 Å². The molecule has 1 rings (SSSR count). The molecule has 12 heavy (non-hydrogen) atoms. The van der Waals surface area contributed by atoms with Gasteiger partial charge >= 0.3 is 0 Å². The van der Waals surface area contributed by atoms with Gasteiger partial charge in [0.05, 0.1) is 0 Å². The Bertz CT molecular complexity index is 139. The molecule has 0 N–H and O–H groups in total. The average Bonchev–Trinajstić information content (AvgIpc) is 2.85. The molecule has 0 unspecified atom stereocenters. The van der Waals surface area contributed by atoms with Crippen LogP contribution in [0.15, 0.2) is 0 Å². The van der Waals surface area contributed by atoms with Crippen LogP contribution in [0.1, 0.15) is 45.4 Å². The third kappa shape index (κ3) is 2.94. The lowest BCUT2D eigenvalue weighted by Gasteiger charge is -2.07. The van der Waals surface area contributed by atoms with Gasteiger partial charge in [0.25, 0.3) is 0 Å². The normalized spacial score (nSPS) is 19.1. The molecule has 1 aliphatic rings. The van der Waals surface area contributed by atoms with Crippen LogP contribution in [0.4, 0.5) is 0 Å². The number of carbonyl (C=O) groups excluding carboxylic acids is 1. The first-order chi connectivity index (χ1) is 5.83. The first-order valence-corrected chi connectivity index (χ1v) is 4.86. The van der Waals surface area contributed by atoms with Gasteiger partial charge in [-0.15, -0.1) is 0 Å². The Morgan fingerprint density at radius 3 is 2.58 bits per heavy atom. The van der Waals surface area contributed by atoms with Crippen molar-refractivity contribution in [3.63, 3.8) is 0 Å². The topological polar surface area (TPSA) is 26.3 Å². The summed E-state index contributed by atoms with van der Waals surface area (Å²) in [6.07, 6.45) is 8.53. The van der Waals surface area contributed by atoms with Crippen molar-refractivity contribution in [2.75, 3.05) is 6.61 Å². The van der Waals surface area contributed by atoms with E-state index in [1.165, 1.54) is 19.3 Å². The number of hydrogen-bond donors (Lipinski definition) is 0. The van der Waals surface area contributed by atoms with E-state index in [4.69, 9.17) is 4.74 Å². The zero-order valence-corrected chi connectivity index (χ0v) is 7.77. The average molecular weight is 169 g/mol. The minimum absolute atomic E-state index is 0.466. The molecule has 2 heteroatoms. The van der Waals surface area contributed by atoms with Gasteiger partial charge < -0.3 is 4.74 Å². The zero-order chi connectivity index (χ0) is 8.86. The SMILES string of the molecule is CCCCCCOC1([C]=O)CC1. The first kappa shape index (κ1) is 9.72. The lowest BCUT2D eigenvalue weighted by molar-refractivity contribution is 0.0752. The van der Waals surface area contributed by atoms with E-state index in [0.29, 0.717) is 0 Å². The summed E-state index contributed by atoms with van der Waals surface area (Å²) in [5.74, 6) is 0. The Morgan fingerprint density at radius 1 is 1.33 bits per heavy atom. The van der Waals surface area contributed by atoms with Crippen molar-refractivity contribution in [3.8, 4) is 0 Å².